The number of hydrogen-bond donors (Lipinski definition) is 0. The molecule has 18 heavy (non-hydrogen) atoms. The fourth-order valence-electron chi connectivity index (χ4n) is 1.77. The van der Waals surface area contributed by atoms with Crippen molar-refractivity contribution in [3.8, 4) is 0 Å². The summed E-state index contributed by atoms with van der Waals surface area (Å²) < 4.78 is 15.2. The van der Waals surface area contributed by atoms with Crippen LogP contribution in [0.1, 0.15) is 13.3 Å². The highest BCUT2D eigenvalue weighted by Crippen LogP contribution is 2.29. The molecule has 1 fully saturated rings. The van der Waals surface area contributed by atoms with Gasteiger partial charge in [0, 0.05) is 5.88 Å². The Hall–Kier alpha value is -0.520. The molecule has 104 valence electrons. The van der Waals surface area contributed by atoms with E-state index in [1.165, 1.54) is 0 Å². The number of esters is 2. The Bertz CT molecular complexity index is 297. The molecular weight excluding hydrogens is 283 g/mol. The summed E-state index contributed by atoms with van der Waals surface area (Å²) in [5, 5.41) is 0. The van der Waals surface area contributed by atoms with Crippen LogP contribution in [-0.2, 0) is 23.8 Å². The molecule has 0 aromatic carbocycles. The van der Waals surface area contributed by atoms with Crippen LogP contribution in [0.4, 0.5) is 0 Å². The average Bonchev–Trinajstić information content (AvgIpc) is 2.80. The highest BCUT2D eigenvalue weighted by molar-refractivity contribution is 6.18. The molecule has 3 atom stereocenters. The fourth-order valence-corrected chi connectivity index (χ4v) is 2.05. The first-order valence-corrected chi connectivity index (χ1v) is 6.81. The first kappa shape index (κ1) is 15.5. The number of carbonyl (C=O) groups is 2. The van der Waals surface area contributed by atoms with Gasteiger partial charge in [-0.25, -0.2) is 4.79 Å². The van der Waals surface area contributed by atoms with E-state index in [2.05, 4.69) is 0 Å². The van der Waals surface area contributed by atoms with Crippen molar-refractivity contribution in [3.05, 3.63) is 0 Å². The van der Waals surface area contributed by atoms with Crippen molar-refractivity contribution in [2.75, 3.05) is 25.0 Å². The fraction of sp³-hybridized carbons (Fsp3) is 0.818. The molecule has 0 radical (unpaired) electrons. The monoisotopic (exact) mass is 298 g/mol. The second-order valence-electron chi connectivity index (χ2n) is 3.78. The Kier molecular flexibility index (Phi) is 6.75. The van der Waals surface area contributed by atoms with Gasteiger partial charge in [0.2, 0.25) is 0 Å². The van der Waals surface area contributed by atoms with Gasteiger partial charge in [-0.15, -0.1) is 23.2 Å². The smallest absolute Gasteiger partial charge is 0.336 e. The van der Waals surface area contributed by atoms with Crippen LogP contribution >= 0.6 is 23.2 Å². The van der Waals surface area contributed by atoms with E-state index in [-0.39, 0.29) is 31.1 Å². The lowest BCUT2D eigenvalue weighted by molar-refractivity contribution is -0.164. The summed E-state index contributed by atoms with van der Waals surface area (Å²) in [6, 6.07) is 0. The van der Waals surface area contributed by atoms with Crippen LogP contribution < -0.4 is 0 Å². The summed E-state index contributed by atoms with van der Waals surface area (Å²) in [7, 11) is 0. The Morgan fingerprint density at radius 2 is 2.00 bits per heavy atom. The second-order valence-corrected chi connectivity index (χ2v) is 4.47. The maximum absolute atomic E-state index is 11.7. The number of alkyl halides is 2. The van der Waals surface area contributed by atoms with Crippen LogP contribution in [0.15, 0.2) is 0 Å². The first-order chi connectivity index (χ1) is 8.63. The van der Waals surface area contributed by atoms with E-state index in [0.717, 1.165) is 0 Å². The molecule has 1 aliphatic rings. The van der Waals surface area contributed by atoms with E-state index in [0.29, 0.717) is 6.42 Å². The Balaban J connectivity index is 2.66. The van der Waals surface area contributed by atoms with Gasteiger partial charge in [-0.3, -0.25) is 4.79 Å². The van der Waals surface area contributed by atoms with Crippen LogP contribution in [0.25, 0.3) is 0 Å². The number of rotatable bonds is 6. The highest BCUT2D eigenvalue weighted by Gasteiger charge is 2.45. The van der Waals surface area contributed by atoms with Crippen molar-refractivity contribution in [1.29, 1.82) is 0 Å². The molecule has 0 saturated carbocycles. The summed E-state index contributed by atoms with van der Waals surface area (Å²) in [5.41, 5.74) is 0. The molecule has 1 rings (SSSR count). The van der Waals surface area contributed by atoms with E-state index in [9.17, 15) is 9.59 Å². The number of ether oxygens (including phenoxy) is 3. The normalized spacial score (nSPS) is 26.9. The van der Waals surface area contributed by atoms with E-state index < -0.39 is 24.0 Å². The molecule has 1 heterocycles. The minimum Gasteiger partial charge on any atom is -0.466 e. The molecule has 0 N–H and O–H groups in total. The van der Waals surface area contributed by atoms with Crippen LogP contribution in [0, 0.1) is 5.92 Å². The largest absolute Gasteiger partial charge is 0.466 e. The number of halogens is 2. The van der Waals surface area contributed by atoms with Crippen molar-refractivity contribution < 1.29 is 23.8 Å². The molecule has 0 spiro atoms. The van der Waals surface area contributed by atoms with Gasteiger partial charge in [0.15, 0.2) is 6.10 Å². The average molecular weight is 299 g/mol. The third kappa shape index (κ3) is 4.00. The third-order valence-electron chi connectivity index (χ3n) is 2.54. The standard InChI is InChI=1S/C11H16Cl2O5/c1-2-16-10(14)8-5-7(6-13)18-9(8)11(15)17-4-3-12/h7-9H,2-6H2,1H3. The third-order valence-corrected chi connectivity index (χ3v) is 3.04. The summed E-state index contributed by atoms with van der Waals surface area (Å²) >= 11 is 11.1. The Morgan fingerprint density at radius 3 is 2.56 bits per heavy atom. The number of carbonyl (C=O) groups excluding carboxylic acids is 2. The van der Waals surface area contributed by atoms with Crippen molar-refractivity contribution in [2.24, 2.45) is 5.92 Å². The molecule has 1 saturated heterocycles. The molecule has 3 unspecified atom stereocenters. The Morgan fingerprint density at radius 1 is 1.28 bits per heavy atom. The summed E-state index contributed by atoms with van der Waals surface area (Å²) in [4.78, 5) is 23.4. The van der Waals surface area contributed by atoms with Gasteiger partial charge in [-0.1, -0.05) is 0 Å². The quantitative estimate of drug-likeness (QED) is 0.547. The maximum Gasteiger partial charge on any atom is 0.336 e. The van der Waals surface area contributed by atoms with Gasteiger partial charge >= 0.3 is 11.9 Å². The Labute approximate surface area is 116 Å². The van der Waals surface area contributed by atoms with Crippen LogP contribution in [0.2, 0.25) is 0 Å². The molecular formula is C11H16Cl2O5. The van der Waals surface area contributed by atoms with Gasteiger partial charge in [0.25, 0.3) is 0 Å². The van der Waals surface area contributed by atoms with Crippen LogP contribution in [0.5, 0.6) is 0 Å². The van der Waals surface area contributed by atoms with Crippen molar-refractivity contribution in [1.82, 2.24) is 0 Å². The van der Waals surface area contributed by atoms with E-state index in [1.807, 2.05) is 0 Å². The summed E-state index contributed by atoms with van der Waals surface area (Å²) in [6.07, 6.45) is -0.922. The molecule has 0 bridgehead atoms. The minimum absolute atomic E-state index is 0.0847. The van der Waals surface area contributed by atoms with E-state index >= 15 is 0 Å². The van der Waals surface area contributed by atoms with Crippen LogP contribution in [-0.4, -0.2) is 49.1 Å². The second kappa shape index (κ2) is 7.81. The van der Waals surface area contributed by atoms with Gasteiger partial charge in [0.1, 0.15) is 6.61 Å². The van der Waals surface area contributed by atoms with Gasteiger partial charge in [-0.05, 0) is 13.3 Å². The lowest BCUT2D eigenvalue weighted by Gasteiger charge is -2.15. The van der Waals surface area contributed by atoms with Crippen LogP contribution in [0.3, 0.4) is 0 Å². The predicted octanol–water partition coefficient (Wildman–Crippen LogP) is 1.34. The zero-order chi connectivity index (χ0) is 13.5. The minimum atomic E-state index is -0.948. The van der Waals surface area contributed by atoms with E-state index in [4.69, 9.17) is 37.4 Å². The topological polar surface area (TPSA) is 61.8 Å². The van der Waals surface area contributed by atoms with Crippen molar-refractivity contribution in [2.45, 2.75) is 25.6 Å². The molecule has 7 heteroatoms. The van der Waals surface area contributed by atoms with Crippen molar-refractivity contribution >= 4 is 35.1 Å². The maximum atomic E-state index is 11.7. The van der Waals surface area contributed by atoms with E-state index in [1.54, 1.807) is 6.92 Å². The lowest BCUT2D eigenvalue weighted by Crippen LogP contribution is -2.34. The SMILES string of the molecule is CCOC(=O)C1CC(CCl)OC1C(=O)OCCCl. The summed E-state index contributed by atoms with van der Waals surface area (Å²) in [6.45, 7) is 2.04. The van der Waals surface area contributed by atoms with Gasteiger partial charge < -0.3 is 14.2 Å². The molecule has 0 aliphatic carbocycles. The van der Waals surface area contributed by atoms with Gasteiger partial charge in [-0.2, -0.15) is 0 Å². The zero-order valence-corrected chi connectivity index (χ0v) is 11.6. The zero-order valence-electron chi connectivity index (χ0n) is 10.1. The molecule has 1 aliphatic heterocycles. The molecule has 0 aromatic heterocycles. The molecule has 5 nitrogen and oxygen atoms in total. The molecule has 0 aromatic rings. The summed E-state index contributed by atoms with van der Waals surface area (Å²) in [5.74, 6) is -1.30. The lowest BCUT2D eigenvalue weighted by atomic mass is 10.00. The highest BCUT2D eigenvalue weighted by atomic mass is 35.5. The predicted molar refractivity (Wildman–Crippen MR) is 65.8 cm³/mol. The van der Waals surface area contributed by atoms with Gasteiger partial charge in [0.05, 0.1) is 24.5 Å². The molecule has 0 amide bonds. The number of hydrogen-bond acceptors (Lipinski definition) is 5. The first-order valence-electron chi connectivity index (χ1n) is 5.74. The van der Waals surface area contributed by atoms with Crippen molar-refractivity contribution in [3.63, 3.8) is 0 Å².